The highest BCUT2D eigenvalue weighted by atomic mass is 32.2. The van der Waals surface area contributed by atoms with Crippen LogP contribution in [0, 0.1) is 0 Å². The lowest BCUT2D eigenvalue weighted by atomic mass is 10.0. The predicted molar refractivity (Wildman–Crippen MR) is 110 cm³/mol. The summed E-state index contributed by atoms with van der Waals surface area (Å²) in [6.07, 6.45) is 4.26. The van der Waals surface area contributed by atoms with E-state index >= 15 is 0 Å². The molecule has 1 aliphatic heterocycles. The molecule has 2 aromatic carbocycles. The quantitative estimate of drug-likeness (QED) is 0.614. The fourth-order valence-corrected chi connectivity index (χ4v) is 4.81. The van der Waals surface area contributed by atoms with E-state index in [1.807, 2.05) is 12.1 Å². The number of hydrogen-bond donors (Lipinski definition) is 0. The molecule has 1 saturated heterocycles. The Balaban J connectivity index is 1.61. The Labute approximate surface area is 163 Å². The number of sulfone groups is 1. The van der Waals surface area contributed by atoms with Crippen molar-refractivity contribution in [1.82, 2.24) is 4.90 Å². The molecular formula is C22H29NO3S. The maximum Gasteiger partial charge on any atom is 0.178 e. The largest absolute Gasteiger partial charge is 0.385 e. The minimum absolute atomic E-state index is 0.117. The number of methoxy groups -OCH3 is 1. The van der Waals surface area contributed by atoms with Gasteiger partial charge in [0.15, 0.2) is 9.84 Å². The maximum absolute atomic E-state index is 12.3. The van der Waals surface area contributed by atoms with Crippen molar-refractivity contribution in [3.8, 4) is 11.1 Å². The van der Waals surface area contributed by atoms with Crippen LogP contribution < -0.4 is 0 Å². The number of rotatable bonds is 9. The number of ether oxygens (including phenoxy) is 1. The van der Waals surface area contributed by atoms with Gasteiger partial charge in [0.2, 0.25) is 0 Å². The summed E-state index contributed by atoms with van der Waals surface area (Å²) in [5.41, 5.74) is 3.50. The molecule has 0 atom stereocenters. The van der Waals surface area contributed by atoms with Crippen LogP contribution in [-0.2, 0) is 21.0 Å². The molecule has 0 spiro atoms. The van der Waals surface area contributed by atoms with Gasteiger partial charge in [-0.3, -0.25) is 0 Å². The number of likely N-dealkylation sites (tertiary alicyclic amines) is 1. The summed E-state index contributed by atoms with van der Waals surface area (Å²) in [4.78, 5) is 2.91. The summed E-state index contributed by atoms with van der Waals surface area (Å²) >= 11 is 0. The Kier molecular flexibility index (Phi) is 7.05. The summed E-state index contributed by atoms with van der Waals surface area (Å²) in [6, 6.07) is 15.8. The highest BCUT2D eigenvalue weighted by Gasteiger charge is 2.14. The third kappa shape index (κ3) is 5.64. The SMILES string of the molecule is COCCCS(=O)(=O)c1ccc(-c2ccc(CCN3CCCC3)cc2)cc1. The molecule has 0 aromatic heterocycles. The van der Waals surface area contributed by atoms with Gasteiger partial charge in [-0.2, -0.15) is 0 Å². The summed E-state index contributed by atoms with van der Waals surface area (Å²) in [6.45, 7) is 4.06. The van der Waals surface area contributed by atoms with Gasteiger partial charge in [0.05, 0.1) is 10.6 Å². The Morgan fingerprint density at radius 3 is 2.11 bits per heavy atom. The maximum atomic E-state index is 12.3. The number of hydrogen-bond acceptors (Lipinski definition) is 4. The summed E-state index contributed by atoms with van der Waals surface area (Å²) in [5.74, 6) is 0.117. The molecule has 0 bridgehead atoms. The average Bonchev–Trinajstić information content (AvgIpc) is 3.21. The number of benzene rings is 2. The Morgan fingerprint density at radius 2 is 1.52 bits per heavy atom. The van der Waals surface area contributed by atoms with Crippen molar-refractivity contribution < 1.29 is 13.2 Å². The molecule has 27 heavy (non-hydrogen) atoms. The van der Waals surface area contributed by atoms with E-state index in [-0.39, 0.29) is 5.75 Å². The van der Waals surface area contributed by atoms with Gasteiger partial charge in [-0.25, -0.2) is 8.42 Å². The van der Waals surface area contributed by atoms with Gasteiger partial charge < -0.3 is 9.64 Å². The predicted octanol–water partition coefficient (Wildman–Crippen LogP) is 3.80. The number of nitrogens with zero attached hydrogens (tertiary/aromatic N) is 1. The van der Waals surface area contributed by atoms with Crippen molar-refractivity contribution in [3.63, 3.8) is 0 Å². The van der Waals surface area contributed by atoms with E-state index in [2.05, 4.69) is 29.2 Å². The van der Waals surface area contributed by atoms with Gasteiger partial charge in [0, 0.05) is 20.3 Å². The zero-order valence-corrected chi connectivity index (χ0v) is 16.9. The molecule has 1 heterocycles. The molecular weight excluding hydrogens is 358 g/mol. The van der Waals surface area contributed by atoms with Crippen molar-refractivity contribution in [2.45, 2.75) is 30.6 Å². The van der Waals surface area contributed by atoms with Gasteiger partial charge >= 0.3 is 0 Å². The van der Waals surface area contributed by atoms with Crippen molar-refractivity contribution in [2.75, 3.05) is 39.1 Å². The first-order valence-corrected chi connectivity index (χ1v) is 11.4. The first-order chi connectivity index (χ1) is 13.1. The second kappa shape index (κ2) is 9.49. The van der Waals surface area contributed by atoms with Crippen LogP contribution in [0.25, 0.3) is 11.1 Å². The molecule has 1 fully saturated rings. The molecule has 0 aliphatic carbocycles. The molecule has 2 aromatic rings. The molecule has 0 N–H and O–H groups in total. The summed E-state index contributed by atoms with van der Waals surface area (Å²) < 4.78 is 29.6. The first kappa shape index (κ1) is 20.1. The van der Waals surface area contributed by atoms with Gasteiger partial charge in [0.1, 0.15) is 0 Å². The zero-order valence-electron chi connectivity index (χ0n) is 16.1. The normalized spacial score (nSPS) is 15.3. The molecule has 1 aliphatic rings. The zero-order chi connectivity index (χ0) is 19.1. The molecule has 5 heteroatoms. The van der Waals surface area contributed by atoms with Crippen LogP contribution in [0.4, 0.5) is 0 Å². The minimum atomic E-state index is -3.24. The molecule has 4 nitrogen and oxygen atoms in total. The molecule has 0 radical (unpaired) electrons. The lowest BCUT2D eigenvalue weighted by molar-refractivity contribution is 0.199. The monoisotopic (exact) mass is 387 g/mol. The highest BCUT2D eigenvalue weighted by Crippen LogP contribution is 2.23. The van der Waals surface area contributed by atoms with Crippen molar-refractivity contribution in [3.05, 3.63) is 54.1 Å². The van der Waals surface area contributed by atoms with Crippen LogP contribution in [0.2, 0.25) is 0 Å². The Bertz CT molecular complexity index is 808. The summed E-state index contributed by atoms with van der Waals surface area (Å²) in [7, 11) is -1.66. The van der Waals surface area contributed by atoms with Crippen LogP contribution in [0.15, 0.2) is 53.4 Å². The lowest BCUT2D eigenvalue weighted by Gasteiger charge is -2.14. The fraction of sp³-hybridized carbons (Fsp3) is 0.455. The van der Waals surface area contributed by atoms with E-state index in [0.29, 0.717) is 17.9 Å². The Morgan fingerprint density at radius 1 is 0.926 bits per heavy atom. The van der Waals surface area contributed by atoms with Gasteiger partial charge in [0.25, 0.3) is 0 Å². The Hall–Kier alpha value is -1.69. The van der Waals surface area contributed by atoms with E-state index in [0.717, 1.165) is 24.1 Å². The fourth-order valence-electron chi connectivity index (χ4n) is 3.52. The molecule has 146 valence electrons. The molecule has 0 amide bonds. The van der Waals surface area contributed by atoms with Gasteiger partial charge in [-0.1, -0.05) is 36.4 Å². The van der Waals surface area contributed by atoms with E-state index < -0.39 is 9.84 Å². The van der Waals surface area contributed by atoms with Crippen molar-refractivity contribution in [2.24, 2.45) is 0 Å². The van der Waals surface area contributed by atoms with E-state index in [1.54, 1.807) is 19.2 Å². The second-order valence-electron chi connectivity index (χ2n) is 7.19. The van der Waals surface area contributed by atoms with Crippen LogP contribution in [0.5, 0.6) is 0 Å². The van der Waals surface area contributed by atoms with Gasteiger partial charge in [-0.05, 0) is 67.6 Å². The van der Waals surface area contributed by atoms with Crippen molar-refractivity contribution >= 4 is 9.84 Å². The second-order valence-corrected chi connectivity index (χ2v) is 9.29. The van der Waals surface area contributed by atoms with Gasteiger partial charge in [-0.15, -0.1) is 0 Å². The van der Waals surface area contributed by atoms with Crippen molar-refractivity contribution in [1.29, 1.82) is 0 Å². The standard InChI is InChI=1S/C22H29NO3S/c1-26-17-4-18-27(24,25)22-11-9-21(10-12-22)20-7-5-19(6-8-20)13-16-23-14-2-3-15-23/h5-12H,2-4,13-18H2,1H3. The smallest absolute Gasteiger partial charge is 0.178 e. The minimum Gasteiger partial charge on any atom is -0.385 e. The lowest BCUT2D eigenvalue weighted by Crippen LogP contribution is -2.21. The third-order valence-corrected chi connectivity index (χ3v) is 6.99. The average molecular weight is 388 g/mol. The first-order valence-electron chi connectivity index (χ1n) is 9.72. The van der Waals surface area contributed by atoms with Crippen LogP contribution in [0.1, 0.15) is 24.8 Å². The van der Waals surface area contributed by atoms with E-state index in [1.165, 1.54) is 31.5 Å². The van der Waals surface area contributed by atoms with Crippen LogP contribution in [0.3, 0.4) is 0 Å². The molecule has 0 saturated carbocycles. The third-order valence-electron chi connectivity index (χ3n) is 5.18. The van der Waals surface area contributed by atoms with Crippen LogP contribution >= 0.6 is 0 Å². The topological polar surface area (TPSA) is 46.6 Å². The van der Waals surface area contributed by atoms with E-state index in [4.69, 9.17) is 4.74 Å². The molecule has 3 rings (SSSR count). The van der Waals surface area contributed by atoms with E-state index in [9.17, 15) is 8.42 Å². The summed E-state index contributed by atoms with van der Waals surface area (Å²) in [5, 5.41) is 0. The molecule has 0 unspecified atom stereocenters. The highest BCUT2D eigenvalue weighted by molar-refractivity contribution is 7.91. The van der Waals surface area contributed by atoms with Crippen LogP contribution in [-0.4, -0.2) is 52.4 Å².